The van der Waals surface area contributed by atoms with Crippen molar-refractivity contribution in [1.82, 2.24) is 30.2 Å². The smallest absolute Gasteiger partial charge is 0.273 e. The molecule has 0 spiro atoms. The van der Waals surface area contributed by atoms with Crippen LogP contribution in [0.5, 0.6) is 0 Å². The summed E-state index contributed by atoms with van der Waals surface area (Å²) in [5, 5.41) is 11.9. The summed E-state index contributed by atoms with van der Waals surface area (Å²) in [5.74, 6) is 1.28. The fraction of sp³-hybridized carbons (Fsp3) is 0.438. The van der Waals surface area contributed by atoms with Crippen LogP contribution in [0.3, 0.4) is 0 Å². The van der Waals surface area contributed by atoms with Gasteiger partial charge in [-0.1, -0.05) is 5.16 Å². The van der Waals surface area contributed by atoms with Gasteiger partial charge in [0.15, 0.2) is 11.3 Å². The fourth-order valence-corrected chi connectivity index (χ4v) is 3.06. The summed E-state index contributed by atoms with van der Waals surface area (Å²) < 4.78 is 6.69. The standard InChI is InChI=1S/C16H19N7O2/c1-11-8-13(21-25-11)16(24)17-4-7-23-15-12(9-20-23)14(18-10-19-15)22-5-2-3-6-22/h8-10H,2-7H2,1H3,(H,17,24). The predicted octanol–water partition coefficient (Wildman–Crippen LogP) is 1.15. The summed E-state index contributed by atoms with van der Waals surface area (Å²) in [6.45, 7) is 4.72. The second kappa shape index (κ2) is 6.50. The molecule has 1 fully saturated rings. The Labute approximate surface area is 144 Å². The summed E-state index contributed by atoms with van der Waals surface area (Å²) >= 11 is 0. The maximum Gasteiger partial charge on any atom is 0.273 e. The van der Waals surface area contributed by atoms with E-state index in [1.165, 1.54) is 12.8 Å². The van der Waals surface area contributed by atoms with Gasteiger partial charge >= 0.3 is 0 Å². The summed E-state index contributed by atoms with van der Waals surface area (Å²) in [4.78, 5) is 23.0. The van der Waals surface area contributed by atoms with Crippen LogP contribution in [0.2, 0.25) is 0 Å². The van der Waals surface area contributed by atoms with E-state index in [1.54, 1.807) is 30.2 Å². The van der Waals surface area contributed by atoms with Crippen molar-refractivity contribution in [2.75, 3.05) is 24.5 Å². The number of nitrogens with zero attached hydrogens (tertiary/aromatic N) is 6. The zero-order valence-electron chi connectivity index (χ0n) is 14.0. The average molecular weight is 341 g/mol. The molecule has 3 aromatic rings. The molecule has 1 N–H and O–H groups in total. The number of amides is 1. The van der Waals surface area contributed by atoms with Crippen molar-refractivity contribution in [3.8, 4) is 0 Å². The molecule has 0 saturated carbocycles. The molecule has 25 heavy (non-hydrogen) atoms. The first-order chi connectivity index (χ1) is 12.2. The Balaban J connectivity index is 1.45. The van der Waals surface area contributed by atoms with Crippen molar-refractivity contribution in [2.24, 2.45) is 0 Å². The molecule has 1 amide bonds. The third-order valence-electron chi connectivity index (χ3n) is 4.29. The molecule has 1 saturated heterocycles. The largest absolute Gasteiger partial charge is 0.361 e. The molecule has 1 aliphatic rings. The predicted molar refractivity (Wildman–Crippen MR) is 90.3 cm³/mol. The van der Waals surface area contributed by atoms with Crippen LogP contribution in [0.1, 0.15) is 29.1 Å². The monoisotopic (exact) mass is 341 g/mol. The molecule has 9 nitrogen and oxygen atoms in total. The fourth-order valence-electron chi connectivity index (χ4n) is 3.06. The molecule has 0 bridgehead atoms. The molecule has 1 aliphatic heterocycles. The number of carbonyl (C=O) groups excluding carboxylic acids is 1. The van der Waals surface area contributed by atoms with Crippen LogP contribution in [0.4, 0.5) is 5.82 Å². The lowest BCUT2D eigenvalue weighted by Crippen LogP contribution is -2.27. The minimum Gasteiger partial charge on any atom is -0.361 e. The van der Waals surface area contributed by atoms with Gasteiger partial charge in [-0.3, -0.25) is 4.79 Å². The summed E-state index contributed by atoms with van der Waals surface area (Å²) in [6.07, 6.45) is 5.75. The van der Waals surface area contributed by atoms with Crippen molar-refractivity contribution in [1.29, 1.82) is 0 Å². The zero-order valence-corrected chi connectivity index (χ0v) is 14.0. The number of rotatable bonds is 5. The molecule has 0 atom stereocenters. The molecular formula is C16H19N7O2. The van der Waals surface area contributed by atoms with Gasteiger partial charge in [0.1, 0.15) is 17.9 Å². The van der Waals surface area contributed by atoms with Gasteiger partial charge in [-0.2, -0.15) is 5.10 Å². The van der Waals surface area contributed by atoms with Gasteiger partial charge in [-0.05, 0) is 19.8 Å². The molecule has 0 radical (unpaired) electrons. The van der Waals surface area contributed by atoms with Crippen LogP contribution in [0.25, 0.3) is 11.0 Å². The van der Waals surface area contributed by atoms with E-state index in [1.807, 2.05) is 0 Å². The number of aryl methyl sites for hydroxylation is 1. The number of nitrogens with one attached hydrogen (secondary N) is 1. The van der Waals surface area contributed by atoms with Gasteiger partial charge < -0.3 is 14.7 Å². The van der Waals surface area contributed by atoms with E-state index >= 15 is 0 Å². The highest BCUT2D eigenvalue weighted by atomic mass is 16.5. The zero-order chi connectivity index (χ0) is 17.2. The van der Waals surface area contributed by atoms with Crippen molar-refractivity contribution < 1.29 is 9.32 Å². The third-order valence-corrected chi connectivity index (χ3v) is 4.29. The SMILES string of the molecule is Cc1cc(C(=O)NCCn2ncc3c(N4CCCC4)ncnc32)no1. The Morgan fingerprint density at radius 2 is 2.16 bits per heavy atom. The maximum absolute atomic E-state index is 12.0. The van der Waals surface area contributed by atoms with Crippen LogP contribution in [0, 0.1) is 6.92 Å². The van der Waals surface area contributed by atoms with E-state index in [-0.39, 0.29) is 11.6 Å². The van der Waals surface area contributed by atoms with Gasteiger partial charge in [0.05, 0.1) is 18.1 Å². The molecule has 0 unspecified atom stereocenters. The van der Waals surface area contributed by atoms with Crippen LogP contribution in [-0.4, -0.2) is 50.4 Å². The highest BCUT2D eigenvalue weighted by Crippen LogP contribution is 2.25. The first-order valence-electron chi connectivity index (χ1n) is 8.35. The van der Waals surface area contributed by atoms with Crippen molar-refractivity contribution in [3.05, 3.63) is 30.0 Å². The van der Waals surface area contributed by atoms with Crippen molar-refractivity contribution in [2.45, 2.75) is 26.3 Å². The van der Waals surface area contributed by atoms with Gasteiger partial charge in [-0.15, -0.1) is 0 Å². The first kappa shape index (κ1) is 15.6. The molecule has 4 rings (SSSR count). The first-order valence-corrected chi connectivity index (χ1v) is 8.35. The molecule has 0 aliphatic carbocycles. The molecule has 9 heteroatoms. The Morgan fingerprint density at radius 1 is 1.32 bits per heavy atom. The van der Waals surface area contributed by atoms with Gasteiger partial charge in [-0.25, -0.2) is 14.6 Å². The second-order valence-corrected chi connectivity index (χ2v) is 6.08. The minimum absolute atomic E-state index is 0.263. The number of aromatic nitrogens is 5. The molecule has 130 valence electrons. The summed E-state index contributed by atoms with van der Waals surface area (Å²) in [5.41, 5.74) is 1.06. The maximum atomic E-state index is 12.0. The lowest BCUT2D eigenvalue weighted by molar-refractivity contribution is 0.0943. The third kappa shape index (κ3) is 3.04. The van der Waals surface area contributed by atoms with E-state index < -0.39 is 0 Å². The normalized spacial score (nSPS) is 14.4. The van der Waals surface area contributed by atoms with Crippen LogP contribution in [0.15, 0.2) is 23.1 Å². The molecular weight excluding hydrogens is 322 g/mol. The topological polar surface area (TPSA) is 102 Å². The number of anilines is 1. The number of fused-ring (bicyclic) bond motifs is 1. The Bertz CT molecular complexity index is 895. The van der Waals surface area contributed by atoms with E-state index in [4.69, 9.17) is 4.52 Å². The summed E-state index contributed by atoms with van der Waals surface area (Å²) in [6, 6.07) is 1.61. The highest BCUT2D eigenvalue weighted by Gasteiger charge is 2.18. The molecule has 4 heterocycles. The minimum atomic E-state index is -0.263. The lowest BCUT2D eigenvalue weighted by atomic mass is 10.3. The number of carbonyl (C=O) groups is 1. The quantitative estimate of drug-likeness (QED) is 0.742. The van der Waals surface area contributed by atoms with Gasteiger partial charge in [0.25, 0.3) is 5.91 Å². The number of hydrogen-bond donors (Lipinski definition) is 1. The summed E-state index contributed by atoms with van der Waals surface area (Å²) in [7, 11) is 0. The van der Waals surface area contributed by atoms with Crippen LogP contribution < -0.4 is 10.2 Å². The van der Waals surface area contributed by atoms with E-state index in [0.29, 0.717) is 18.8 Å². The van der Waals surface area contributed by atoms with Crippen LogP contribution in [-0.2, 0) is 6.54 Å². The van der Waals surface area contributed by atoms with Gasteiger partial charge in [0.2, 0.25) is 0 Å². The average Bonchev–Trinajstić information content (AvgIpc) is 3.35. The van der Waals surface area contributed by atoms with E-state index in [0.717, 1.165) is 29.9 Å². The Morgan fingerprint density at radius 3 is 2.92 bits per heavy atom. The van der Waals surface area contributed by atoms with Crippen molar-refractivity contribution in [3.63, 3.8) is 0 Å². The Kier molecular flexibility index (Phi) is 4.04. The highest BCUT2D eigenvalue weighted by molar-refractivity contribution is 5.92. The van der Waals surface area contributed by atoms with Gasteiger partial charge in [0, 0.05) is 25.7 Å². The van der Waals surface area contributed by atoms with E-state index in [9.17, 15) is 4.79 Å². The Hall–Kier alpha value is -2.97. The second-order valence-electron chi connectivity index (χ2n) is 6.08. The lowest BCUT2D eigenvalue weighted by Gasteiger charge is -2.16. The van der Waals surface area contributed by atoms with Crippen LogP contribution >= 0.6 is 0 Å². The molecule has 3 aromatic heterocycles. The molecule has 0 aromatic carbocycles. The number of hydrogen-bond acceptors (Lipinski definition) is 7. The van der Waals surface area contributed by atoms with Crippen molar-refractivity contribution >= 4 is 22.8 Å². The van der Waals surface area contributed by atoms with E-state index in [2.05, 4.69) is 30.4 Å².